The number of nitrogens with one attached hydrogen (secondary N) is 4. The van der Waals surface area contributed by atoms with E-state index in [1.54, 1.807) is 12.1 Å². The maximum Gasteiger partial charge on any atom is 0.319 e. The van der Waals surface area contributed by atoms with Crippen molar-refractivity contribution in [3.63, 3.8) is 0 Å². The summed E-state index contributed by atoms with van der Waals surface area (Å²) in [6.07, 6.45) is 7.98. The first kappa shape index (κ1) is 33.4. The zero-order valence-electron chi connectivity index (χ0n) is 26.2. The number of aryl methyl sites for hydroxylation is 2. The summed E-state index contributed by atoms with van der Waals surface area (Å²) in [5.74, 6) is 0. The van der Waals surface area contributed by atoms with Crippen LogP contribution in [0.15, 0.2) is 111 Å². The van der Waals surface area contributed by atoms with Crippen LogP contribution < -0.4 is 16.4 Å². The molecule has 48 heavy (non-hydrogen) atoms. The lowest BCUT2D eigenvalue weighted by Gasteiger charge is -2.24. The summed E-state index contributed by atoms with van der Waals surface area (Å²) >= 11 is 7.06. The van der Waals surface area contributed by atoms with Crippen molar-refractivity contribution in [3.05, 3.63) is 129 Å². The van der Waals surface area contributed by atoms with E-state index in [1.165, 1.54) is 45.6 Å². The van der Waals surface area contributed by atoms with Crippen molar-refractivity contribution < 1.29 is 9.59 Å². The molecule has 2 aromatic heterocycles. The Morgan fingerprint density at radius 2 is 1.33 bits per heavy atom. The van der Waals surface area contributed by atoms with E-state index in [1.807, 2.05) is 54.6 Å². The molecule has 6 N–H and O–H groups in total. The number of aromatic nitrogens is 2. The van der Waals surface area contributed by atoms with Crippen LogP contribution in [-0.2, 0) is 17.6 Å². The van der Waals surface area contributed by atoms with Crippen LogP contribution >= 0.6 is 31.9 Å². The molecule has 2 amide bonds. The Labute approximate surface area is 295 Å². The number of H-pyrrole nitrogens is 2. The smallest absolute Gasteiger partial charge is 0.319 e. The Morgan fingerprint density at radius 1 is 0.771 bits per heavy atom. The van der Waals surface area contributed by atoms with E-state index in [2.05, 4.69) is 87.8 Å². The summed E-state index contributed by atoms with van der Waals surface area (Å²) in [5.41, 5.74) is 15.0. The molecule has 2 atom stereocenters. The molecule has 6 aromatic rings. The van der Waals surface area contributed by atoms with Crippen LogP contribution in [0.25, 0.3) is 21.8 Å². The summed E-state index contributed by atoms with van der Waals surface area (Å²) in [6.45, 7) is 0. The van der Waals surface area contributed by atoms with Crippen LogP contribution in [0, 0.1) is 0 Å². The molecular formula is C38H36Br2N6O2. The molecule has 0 radical (unpaired) electrons. The first-order valence-electron chi connectivity index (χ1n) is 16.0. The van der Waals surface area contributed by atoms with Gasteiger partial charge in [-0.05, 0) is 110 Å². The number of para-hydroxylation sites is 2. The van der Waals surface area contributed by atoms with E-state index in [0.717, 1.165) is 57.9 Å². The third-order valence-corrected chi connectivity index (χ3v) is 9.64. The third kappa shape index (κ3) is 7.97. The summed E-state index contributed by atoms with van der Waals surface area (Å²) < 4.78 is 2.21. The summed E-state index contributed by atoms with van der Waals surface area (Å²) in [6, 6.07) is 31.2. The van der Waals surface area contributed by atoms with Crippen molar-refractivity contribution in [2.45, 2.75) is 50.6 Å². The van der Waals surface area contributed by atoms with Crippen molar-refractivity contribution in [2.75, 3.05) is 5.32 Å². The van der Waals surface area contributed by atoms with Crippen molar-refractivity contribution >= 4 is 77.2 Å². The molecule has 0 spiro atoms. The van der Waals surface area contributed by atoms with Gasteiger partial charge < -0.3 is 26.3 Å². The number of urea groups is 1. The highest BCUT2D eigenvalue weighted by molar-refractivity contribution is 9.10. The molecule has 8 rings (SSSR count). The molecule has 2 aliphatic rings. The second-order valence-corrected chi connectivity index (χ2v) is 13.7. The molecule has 8 nitrogen and oxygen atoms in total. The number of aromatic amines is 2. The van der Waals surface area contributed by atoms with Gasteiger partial charge in [0.05, 0.1) is 11.7 Å². The fourth-order valence-corrected chi connectivity index (χ4v) is 7.17. The predicted molar refractivity (Wildman–Crippen MR) is 200 cm³/mol. The molecule has 2 unspecified atom stereocenters. The van der Waals surface area contributed by atoms with Gasteiger partial charge in [-0.25, -0.2) is 9.59 Å². The van der Waals surface area contributed by atoms with Gasteiger partial charge in [-0.2, -0.15) is 4.99 Å². The number of halogens is 2. The van der Waals surface area contributed by atoms with Crippen molar-refractivity contribution in [2.24, 2.45) is 10.7 Å². The highest BCUT2D eigenvalue weighted by Gasteiger charge is 2.26. The first-order chi connectivity index (χ1) is 23.4. The minimum Gasteiger partial charge on any atom is -0.357 e. The van der Waals surface area contributed by atoms with Crippen LogP contribution in [0.2, 0.25) is 0 Å². The van der Waals surface area contributed by atoms with Gasteiger partial charge in [0.2, 0.25) is 6.08 Å². The number of amides is 2. The third-order valence-electron chi connectivity index (χ3n) is 8.65. The fourth-order valence-electron chi connectivity index (χ4n) is 6.45. The number of rotatable bonds is 3. The number of isocyanates is 1. The minimum absolute atomic E-state index is 0.0173. The second kappa shape index (κ2) is 15.6. The number of carbonyl (C=O) groups excluding carboxylic acids is 2. The van der Waals surface area contributed by atoms with Crippen molar-refractivity contribution in [3.8, 4) is 0 Å². The normalized spacial score (nSPS) is 16.2. The maximum absolute atomic E-state index is 12.3. The summed E-state index contributed by atoms with van der Waals surface area (Å²) in [5, 5.41) is 8.57. The molecule has 4 aromatic carbocycles. The largest absolute Gasteiger partial charge is 0.357 e. The van der Waals surface area contributed by atoms with Crippen LogP contribution in [0.1, 0.15) is 60.3 Å². The number of hydrogen-bond donors (Lipinski definition) is 5. The van der Waals surface area contributed by atoms with Gasteiger partial charge in [-0.15, -0.1) is 0 Å². The molecule has 0 aliphatic heterocycles. The second-order valence-electron chi connectivity index (χ2n) is 11.9. The van der Waals surface area contributed by atoms with E-state index in [-0.39, 0.29) is 18.1 Å². The number of hydrogen-bond acceptors (Lipinski definition) is 4. The minimum atomic E-state index is -0.168. The maximum atomic E-state index is 12.3. The van der Waals surface area contributed by atoms with E-state index in [9.17, 15) is 9.59 Å². The molecule has 0 saturated carbocycles. The van der Waals surface area contributed by atoms with Gasteiger partial charge in [0.15, 0.2) is 0 Å². The Kier molecular flexibility index (Phi) is 10.9. The lowest BCUT2D eigenvalue weighted by Crippen LogP contribution is -2.34. The fraction of sp³-hybridized carbons (Fsp3) is 0.211. The van der Waals surface area contributed by atoms with Gasteiger partial charge in [0, 0.05) is 53.9 Å². The Balaban J connectivity index is 0.000000142. The number of nitrogens with two attached hydrogens (primary N) is 1. The van der Waals surface area contributed by atoms with Gasteiger partial charge in [0.25, 0.3) is 0 Å². The number of fused-ring (bicyclic) bond motifs is 6. The van der Waals surface area contributed by atoms with Crippen LogP contribution in [0.3, 0.4) is 0 Å². The summed E-state index contributed by atoms with van der Waals surface area (Å²) in [4.78, 5) is 32.3. The van der Waals surface area contributed by atoms with Gasteiger partial charge in [-0.1, -0.05) is 68.3 Å². The van der Waals surface area contributed by atoms with Crippen LogP contribution in [0.5, 0.6) is 0 Å². The molecule has 0 fully saturated rings. The number of nitrogens with zero attached hydrogens (tertiary/aromatic N) is 1. The van der Waals surface area contributed by atoms with Crippen LogP contribution in [-0.4, -0.2) is 22.1 Å². The lowest BCUT2D eigenvalue weighted by molar-refractivity contribution is 0.247. The zero-order chi connectivity index (χ0) is 33.5. The molecule has 244 valence electrons. The summed E-state index contributed by atoms with van der Waals surface area (Å²) in [7, 11) is 0. The van der Waals surface area contributed by atoms with Gasteiger partial charge in [0.1, 0.15) is 0 Å². The average Bonchev–Trinajstić information content (AvgIpc) is 3.66. The topological polar surface area (TPSA) is 128 Å². The number of benzene rings is 4. The van der Waals surface area contributed by atoms with Crippen LogP contribution in [0.4, 0.5) is 16.2 Å². The average molecular weight is 769 g/mol. The highest BCUT2D eigenvalue weighted by Crippen LogP contribution is 2.36. The SMILES string of the molecule is NC1CCCc2c1[nH]c1ccc(Br)cc21.O=C(Nc1ccccc1)NC1CCCc2c1[nH]c1ccc(Br)cc21.O=C=Nc1ccccc1. The zero-order valence-corrected chi connectivity index (χ0v) is 29.4. The van der Waals surface area contributed by atoms with Gasteiger partial charge in [-0.3, -0.25) is 0 Å². The quantitative estimate of drug-likeness (QED) is 0.0908. The Bertz CT molecular complexity index is 2070. The monoisotopic (exact) mass is 766 g/mol. The van der Waals surface area contributed by atoms with Crippen molar-refractivity contribution in [1.82, 2.24) is 15.3 Å². The standard InChI is InChI=1S/C19H18BrN3O.C12H13BrN2.C7H5NO/c20-12-9-10-16-15(11-12)14-7-4-8-17(18(14)22-16)23-19(24)21-13-5-2-1-3-6-13;13-7-4-5-11-9(6-7)8-2-1-3-10(14)12(8)15-11;9-6-8-7-4-2-1-3-5-7/h1-3,5-6,9-11,17,22H,4,7-8H2,(H2,21,23,24);4-6,10,15H,1-3,14H2;1-5H. The number of carbonyl (C=O) groups is 1. The number of aliphatic imine (C=N–C) groups is 1. The molecule has 2 aliphatic carbocycles. The molecule has 10 heteroatoms. The van der Waals surface area contributed by atoms with E-state index >= 15 is 0 Å². The molecule has 0 saturated heterocycles. The van der Waals surface area contributed by atoms with Gasteiger partial charge >= 0.3 is 6.03 Å². The first-order valence-corrected chi connectivity index (χ1v) is 17.6. The Morgan fingerprint density at radius 3 is 1.96 bits per heavy atom. The molecular weight excluding hydrogens is 732 g/mol. The predicted octanol–water partition coefficient (Wildman–Crippen LogP) is 10.0. The van der Waals surface area contributed by atoms with E-state index in [0.29, 0.717) is 5.69 Å². The molecule has 2 heterocycles. The number of anilines is 1. The van der Waals surface area contributed by atoms with E-state index in [4.69, 9.17) is 5.73 Å². The van der Waals surface area contributed by atoms with Crippen molar-refractivity contribution in [1.29, 1.82) is 0 Å². The lowest BCUT2D eigenvalue weighted by atomic mass is 9.92. The highest BCUT2D eigenvalue weighted by atomic mass is 79.9. The molecule has 0 bridgehead atoms. The Hall–Kier alpha value is -4.47. The van der Waals surface area contributed by atoms with E-state index < -0.39 is 0 Å².